The molecule has 2 aromatic rings. The first-order valence-corrected chi connectivity index (χ1v) is 7.80. The quantitative estimate of drug-likeness (QED) is 0.935. The Hall–Kier alpha value is -1.87. The number of hydrogen-bond acceptors (Lipinski definition) is 3. The molecule has 1 atom stereocenters. The Morgan fingerprint density at radius 3 is 2.86 bits per heavy atom. The molecule has 1 aliphatic rings. The van der Waals surface area contributed by atoms with Gasteiger partial charge in [0.2, 0.25) is 0 Å². The molecule has 3 nitrogen and oxygen atoms in total. The van der Waals surface area contributed by atoms with E-state index in [2.05, 4.69) is 55.1 Å². The normalized spacial score (nSPS) is 17.7. The lowest BCUT2D eigenvalue weighted by molar-refractivity contribution is 0.612. The molecule has 3 rings (SSSR count). The summed E-state index contributed by atoms with van der Waals surface area (Å²) < 4.78 is 0. The first kappa shape index (κ1) is 14.1. The molecule has 1 aromatic heterocycles. The number of pyridine rings is 1. The molecule has 2 heterocycles. The number of anilines is 2. The van der Waals surface area contributed by atoms with E-state index in [1.165, 1.54) is 11.3 Å². The SMILES string of the molecule is CCc1cc(CN)cc(N2c3ccccc3CCC2C)n1. The molecule has 110 valence electrons. The minimum Gasteiger partial charge on any atom is -0.326 e. The highest BCUT2D eigenvalue weighted by Gasteiger charge is 2.25. The van der Waals surface area contributed by atoms with Crippen molar-refractivity contribution >= 4 is 11.5 Å². The van der Waals surface area contributed by atoms with Gasteiger partial charge in [-0.25, -0.2) is 4.98 Å². The molecule has 3 heteroatoms. The van der Waals surface area contributed by atoms with E-state index in [0.29, 0.717) is 12.6 Å². The van der Waals surface area contributed by atoms with Crippen molar-refractivity contribution in [2.45, 2.75) is 45.7 Å². The number of hydrogen-bond donors (Lipinski definition) is 1. The lowest BCUT2D eigenvalue weighted by atomic mass is 9.96. The number of benzene rings is 1. The van der Waals surface area contributed by atoms with Crippen LogP contribution in [0.15, 0.2) is 36.4 Å². The lowest BCUT2D eigenvalue weighted by Gasteiger charge is -2.36. The second-order valence-corrected chi connectivity index (χ2v) is 5.77. The van der Waals surface area contributed by atoms with E-state index in [0.717, 1.165) is 36.3 Å². The Morgan fingerprint density at radius 1 is 1.29 bits per heavy atom. The molecule has 0 spiro atoms. The molecule has 2 N–H and O–H groups in total. The average Bonchev–Trinajstić information content (AvgIpc) is 2.54. The number of para-hydroxylation sites is 1. The van der Waals surface area contributed by atoms with Crippen molar-refractivity contribution in [1.29, 1.82) is 0 Å². The van der Waals surface area contributed by atoms with Crippen LogP contribution in [0.5, 0.6) is 0 Å². The molecule has 1 unspecified atom stereocenters. The number of aryl methyl sites for hydroxylation is 2. The minimum absolute atomic E-state index is 0.463. The minimum atomic E-state index is 0.463. The Balaban J connectivity index is 2.11. The highest BCUT2D eigenvalue weighted by atomic mass is 15.2. The number of fused-ring (bicyclic) bond motifs is 1. The predicted octanol–water partition coefficient (Wildman–Crippen LogP) is 3.58. The average molecular weight is 281 g/mol. The molecule has 0 fully saturated rings. The van der Waals surface area contributed by atoms with Crippen molar-refractivity contribution in [3.63, 3.8) is 0 Å². The molecule has 0 saturated heterocycles. The Kier molecular flexibility index (Phi) is 3.93. The zero-order valence-electron chi connectivity index (χ0n) is 12.8. The fourth-order valence-corrected chi connectivity index (χ4v) is 3.09. The first-order valence-electron chi connectivity index (χ1n) is 7.80. The van der Waals surface area contributed by atoms with Crippen molar-refractivity contribution in [2.24, 2.45) is 5.73 Å². The Labute approximate surface area is 126 Å². The summed E-state index contributed by atoms with van der Waals surface area (Å²) in [4.78, 5) is 7.22. The third-order valence-corrected chi connectivity index (χ3v) is 4.29. The molecule has 21 heavy (non-hydrogen) atoms. The molecule has 0 saturated carbocycles. The molecular formula is C18H23N3. The molecule has 1 aromatic carbocycles. The summed E-state index contributed by atoms with van der Waals surface area (Å²) in [7, 11) is 0. The molecule has 0 amide bonds. The van der Waals surface area contributed by atoms with Crippen LogP contribution in [0, 0.1) is 0 Å². The van der Waals surface area contributed by atoms with E-state index in [4.69, 9.17) is 10.7 Å². The van der Waals surface area contributed by atoms with Crippen molar-refractivity contribution < 1.29 is 0 Å². The second-order valence-electron chi connectivity index (χ2n) is 5.77. The number of nitrogens with two attached hydrogens (primary N) is 1. The lowest BCUT2D eigenvalue weighted by Crippen LogP contribution is -2.34. The van der Waals surface area contributed by atoms with E-state index in [-0.39, 0.29) is 0 Å². The molecule has 1 aliphatic heterocycles. The van der Waals surface area contributed by atoms with Crippen LogP contribution in [0.25, 0.3) is 0 Å². The van der Waals surface area contributed by atoms with Crippen molar-refractivity contribution in [2.75, 3.05) is 4.90 Å². The standard InChI is InChI=1S/C18H23N3/c1-3-16-10-14(12-19)11-18(20-16)21-13(2)8-9-15-6-4-5-7-17(15)21/h4-7,10-11,13H,3,8-9,12,19H2,1-2H3. The van der Waals surface area contributed by atoms with Crippen LogP contribution < -0.4 is 10.6 Å². The van der Waals surface area contributed by atoms with Gasteiger partial charge in [0.25, 0.3) is 0 Å². The van der Waals surface area contributed by atoms with Crippen LogP contribution in [0.3, 0.4) is 0 Å². The third kappa shape index (κ3) is 2.66. The largest absolute Gasteiger partial charge is 0.326 e. The maximum atomic E-state index is 5.85. The monoisotopic (exact) mass is 281 g/mol. The van der Waals surface area contributed by atoms with Gasteiger partial charge >= 0.3 is 0 Å². The maximum Gasteiger partial charge on any atom is 0.133 e. The molecule has 0 bridgehead atoms. The van der Waals surface area contributed by atoms with E-state index in [9.17, 15) is 0 Å². The van der Waals surface area contributed by atoms with Gasteiger partial charge in [-0.15, -0.1) is 0 Å². The van der Waals surface area contributed by atoms with Gasteiger partial charge in [0.1, 0.15) is 5.82 Å². The van der Waals surface area contributed by atoms with E-state index >= 15 is 0 Å². The van der Waals surface area contributed by atoms with Gasteiger partial charge in [0, 0.05) is 24.0 Å². The highest BCUT2D eigenvalue weighted by molar-refractivity contribution is 5.67. The van der Waals surface area contributed by atoms with Crippen LogP contribution >= 0.6 is 0 Å². The summed E-state index contributed by atoms with van der Waals surface area (Å²) in [6.45, 7) is 4.98. The zero-order chi connectivity index (χ0) is 14.8. The van der Waals surface area contributed by atoms with Gasteiger partial charge in [-0.3, -0.25) is 0 Å². The molecular weight excluding hydrogens is 258 g/mol. The van der Waals surface area contributed by atoms with Crippen LogP contribution in [0.1, 0.15) is 37.1 Å². The zero-order valence-corrected chi connectivity index (χ0v) is 12.8. The summed E-state index contributed by atoms with van der Waals surface area (Å²) in [5, 5.41) is 0. The highest BCUT2D eigenvalue weighted by Crippen LogP contribution is 2.36. The molecule has 0 radical (unpaired) electrons. The van der Waals surface area contributed by atoms with Gasteiger partial charge in [-0.1, -0.05) is 25.1 Å². The Morgan fingerprint density at radius 2 is 2.10 bits per heavy atom. The maximum absolute atomic E-state index is 5.85. The fourth-order valence-electron chi connectivity index (χ4n) is 3.09. The molecule has 0 aliphatic carbocycles. The van der Waals surface area contributed by atoms with Crippen LogP contribution in [-0.2, 0) is 19.4 Å². The third-order valence-electron chi connectivity index (χ3n) is 4.29. The smallest absolute Gasteiger partial charge is 0.133 e. The summed E-state index contributed by atoms with van der Waals surface area (Å²) in [6.07, 6.45) is 3.24. The van der Waals surface area contributed by atoms with Crippen molar-refractivity contribution in [3.05, 3.63) is 53.2 Å². The topological polar surface area (TPSA) is 42.1 Å². The summed E-state index contributed by atoms with van der Waals surface area (Å²) in [6, 6.07) is 13.4. The predicted molar refractivity (Wildman–Crippen MR) is 87.9 cm³/mol. The second kappa shape index (κ2) is 5.86. The number of nitrogens with zero attached hydrogens (tertiary/aromatic N) is 2. The van der Waals surface area contributed by atoms with Crippen LogP contribution in [0.4, 0.5) is 11.5 Å². The first-order chi connectivity index (χ1) is 10.2. The van der Waals surface area contributed by atoms with Crippen molar-refractivity contribution in [1.82, 2.24) is 4.98 Å². The van der Waals surface area contributed by atoms with E-state index in [1.807, 2.05) is 0 Å². The van der Waals surface area contributed by atoms with E-state index < -0.39 is 0 Å². The fraction of sp³-hybridized carbons (Fsp3) is 0.389. The number of aromatic nitrogens is 1. The van der Waals surface area contributed by atoms with Gasteiger partial charge < -0.3 is 10.6 Å². The van der Waals surface area contributed by atoms with Crippen molar-refractivity contribution in [3.8, 4) is 0 Å². The number of rotatable bonds is 3. The van der Waals surface area contributed by atoms with Gasteiger partial charge in [0.05, 0.1) is 0 Å². The van der Waals surface area contributed by atoms with Gasteiger partial charge in [-0.05, 0) is 55.5 Å². The Bertz CT molecular complexity index is 614. The van der Waals surface area contributed by atoms with Gasteiger partial charge in [-0.2, -0.15) is 0 Å². The van der Waals surface area contributed by atoms with Crippen LogP contribution in [0.2, 0.25) is 0 Å². The summed E-state index contributed by atoms with van der Waals surface area (Å²) >= 11 is 0. The summed E-state index contributed by atoms with van der Waals surface area (Å²) in [5.41, 5.74) is 10.8. The van der Waals surface area contributed by atoms with Gasteiger partial charge in [0.15, 0.2) is 0 Å². The summed E-state index contributed by atoms with van der Waals surface area (Å²) in [5.74, 6) is 1.04. The van der Waals surface area contributed by atoms with Crippen LogP contribution in [-0.4, -0.2) is 11.0 Å². The van der Waals surface area contributed by atoms with E-state index in [1.54, 1.807) is 0 Å².